The standard InChI is InChI=1S/C22H25FN2O3/c1-28-19-6-4-5-17(13-19)15-25-20(7-2-3-8-21(25)26)22(27)24-14-16-9-11-18(23)12-10-16/h4-6,9-13,20H,2-3,7-8,14-15H2,1H3,(H,24,27). The summed E-state index contributed by atoms with van der Waals surface area (Å²) in [7, 11) is 1.60. The van der Waals surface area contributed by atoms with Crippen molar-refractivity contribution in [1.29, 1.82) is 0 Å². The molecular formula is C22H25FN2O3. The van der Waals surface area contributed by atoms with E-state index in [4.69, 9.17) is 4.74 Å². The summed E-state index contributed by atoms with van der Waals surface area (Å²) in [6.45, 7) is 0.668. The Bertz CT molecular complexity index is 823. The summed E-state index contributed by atoms with van der Waals surface area (Å²) in [5, 5.41) is 2.89. The van der Waals surface area contributed by atoms with Crippen molar-refractivity contribution in [2.75, 3.05) is 7.11 Å². The summed E-state index contributed by atoms with van der Waals surface area (Å²) in [4.78, 5) is 27.2. The maximum atomic E-state index is 13.0. The highest BCUT2D eigenvalue weighted by atomic mass is 19.1. The fraction of sp³-hybridized carbons (Fsp3) is 0.364. The fourth-order valence-corrected chi connectivity index (χ4v) is 3.43. The molecule has 0 radical (unpaired) electrons. The molecule has 0 aliphatic carbocycles. The molecule has 2 aromatic rings. The highest BCUT2D eigenvalue weighted by molar-refractivity contribution is 5.88. The maximum absolute atomic E-state index is 13.0. The van der Waals surface area contributed by atoms with Gasteiger partial charge in [-0.15, -0.1) is 0 Å². The van der Waals surface area contributed by atoms with Gasteiger partial charge in [0.05, 0.1) is 7.11 Å². The number of nitrogens with one attached hydrogen (secondary N) is 1. The van der Waals surface area contributed by atoms with E-state index >= 15 is 0 Å². The number of hydrogen-bond donors (Lipinski definition) is 1. The molecule has 1 fully saturated rings. The highest BCUT2D eigenvalue weighted by Gasteiger charge is 2.31. The van der Waals surface area contributed by atoms with Crippen LogP contribution in [0.2, 0.25) is 0 Å². The summed E-state index contributed by atoms with van der Waals surface area (Å²) in [5.41, 5.74) is 1.74. The molecule has 5 nitrogen and oxygen atoms in total. The lowest BCUT2D eigenvalue weighted by Gasteiger charge is -2.29. The second-order valence-corrected chi connectivity index (χ2v) is 6.98. The largest absolute Gasteiger partial charge is 0.497 e. The van der Waals surface area contributed by atoms with Crippen LogP contribution in [0, 0.1) is 5.82 Å². The van der Waals surface area contributed by atoms with Crippen LogP contribution in [0.3, 0.4) is 0 Å². The molecule has 1 heterocycles. The molecule has 1 N–H and O–H groups in total. The predicted molar refractivity (Wildman–Crippen MR) is 104 cm³/mol. The van der Waals surface area contributed by atoms with Gasteiger partial charge in [-0.1, -0.05) is 30.7 Å². The summed E-state index contributed by atoms with van der Waals surface area (Å²) >= 11 is 0. The normalized spacial score (nSPS) is 17.1. The van der Waals surface area contributed by atoms with E-state index < -0.39 is 6.04 Å². The zero-order valence-corrected chi connectivity index (χ0v) is 16.0. The van der Waals surface area contributed by atoms with Gasteiger partial charge in [-0.2, -0.15) is 0 Å². The first-order valence-corrected chi connectivity index (χ1v) is 9.51. The lowest BCUT2D eigenvalue weighted by Crippen LogP contribution is -2.48. The molecular weight excluding hydrogens is 359 g/mol. The molecule has 1 aliphatic rings. The number of nitrogens with zero attached hydrogens (tertiary/aromatic N) is 1. The van der Waals surface area contributed by atoms with Crippen molar-refractivity contribution in [3.8, 4) is 5.75 Å². The lowest BCUT2D eigenvalue weighted by molar-refractivity contribution is -0.140. The zero-order valence-electron chi connectivity index (χ0n) is 16.0. The van der Waals surface area contributed by atoms with Gasteiger partial charge in [-0.25, -0.2) is 4.39 Å². The van der Waals surface area contributed by atoms with Crippen molar-refractivity contribution in [3.63, 3.8) is 0 Å². The number of benzene rings is 2. The van der Waals surface area contributed by atoms with E-state index in [0.717, 1.165) is 29.7 Å². The average molecular weight is 384 g/mol. The number of amides is 2. The number of methoxy groups -OCH3 is 1. The Hall–Kier alpha value is -2.89. The summed E-state index contributed by atoms with van der Waals surface area (Å²) in [6.07, 6.45) is 2.70. The van der Waals surface area contributed by atoms with Crippen molar-refractivity contribution in [3.05, 3.63) is 65.5 Å². The molecule has 1 aliphatic heterocycles. The van der Waals surface area contributed by atoms with Crippen LogP contribution in [0.4, 0.5) is 4.39 Å². The van der Waals surface area contributed by atoms with Gasteiger partial charge < -0.3 is 15.0 Å². The number of carbonyl (C=O) groups is 2. The third kappa shape index (κ3) is 5.09. The van der Waals surface area contributed by atoms with E-state index in [9.17, 15) is 14.0 Å². The van der Waals surface area contributed by atoms with Gasteiger partial charge in [0, 0.05) is 19.5 Å². The second-order valence-electron chi connectivity index (χ2n) is 6.98. The molecule has 2 amide bonds. The SMILES string of the molecule is COc1cccc(CN2C(=O)CCCCC2C(=O)NCc2ccc(F)cc2)c1. The van der Waals surface area contributed by atoms with Gasteiger partial charge in [0.2, 0.25) is 11.8 Å². The minimum absolute atomic E-state index is 0.0118. The molecule has 0 saturated carbocycles. The summed E-state index contributed by atoms with van der Waals surface area (Å²) < 4.78 is 18.3. The lowest BCUT2D eigenvalue weighted by atomic mass is 10.1. The number of carbonyl (C=O) groups excluding carboxylic acids is 2. The molecule has 0 bridgehead atoms. The van der Waals surface area contributed by atoms with E-state index in [-0.39, 0.29) is 17.6 Å². The Morgan fingerprint density at radius 2 is 1.96 bits per heavy atom. The second kappa shape index (κ2) is 9.35. The molecule has 1 unspecified atom stereocenters. The van der Waals surface area contributed by atoms with Crippen LogP contribution in [-0.4, -0.2) is 29.9 Å². The Morgan fingerprint density at radius 1 is 1.18 bits per heavy atom. The number of hydrogen-bond acceptors (Lipinski definition) is 3. The minimum atomic E-state index is -0.512. The van der Waals surface area contributed by atoms with Crippen molar-refractivity contribution >= 4 is 11.8 Å². The third-order valence-electron chi connectivity index (χ3n) is 4.98. The van der Waals surface area contributed by atoms with Crippen LogP contribution in [0.1, 0.15) is 36.8 Å². The molecule has 28 heavy (non-hydrogen) atoms. The first kappa shape index (κ1) is 19.9. The van der Waals surface area contributed by atoms with Gasteiger partial charge in [0.1, 0.15) is 17.6 Å². The monoisotopic (exact) mass is 384 g/mol. The molecule has 2 aromatic carbocycles. The first-order chi connectivity index (χ1) is 13.6. The van der Waals surface area contributed by atoms with Gasteiger partial charge in [-0.3, -0.25) is 9.59 Å². The zero-order chi connectivity index (χ0) is 19.9. The van der Waals surface area contributed by atoms with Gasteiger partial charge in [0.25, 0.3) is 0 Å². The summed E-state index contributed by atoms with van der Waals surface area (Å²) in [5.74, 6) is 0.218. The molecule has 1 saturated heterocycles. The Morgan fingerprint density at radius 3 is 2.71 bits per heavy atom. The molecule has 0 aromatic heterocycles. The fourth-order valence-electron chi connectivity index (χ4n) is 3.43. The van der Waals surface area contributed by atoms with Crippen molar-refractivity contribution in [1.82, 2.24) is 10.2 Å². The van der Waals surface area contributed by atoms with Crippen LogP contribution >= 0.6 is 0 Å². The van der Waals surface area contributed by atoms with E-state index in [2.05, 4.69) is 5.32 Å². The smallest absolute Gasteiger partial charge is 0.243 e. The van der Waals surface area contributed by atoms with E-state index in [0.29, 0.717) is 25.9 Å². The van der Waals surface area contributed by atoms with Crippen LogP contribution < -0.4 is 10.1 Å². The molecule has 6 heteroatoms. The van der Waals surface area contributed by atoms with Crippen molar-refractivity contribution in [2.45, 2.75) is 44.8 Å². The maximum Gasteiger partial charge on any atom is 0.243 e. The first-order valence-electron chi connectivity index (χ1n) is 9.51. The Balaban J connectivity index is 1.72. The van der Waals surface area contributed by atoms with E-state index in [1.165, 1.54) is 12.1 Å². The van der Waals surface area contributed by atoms with E-state index in [1.807, 2.05) is 24.3 Å². The van der Waals surface area contributed by atoms with Gasteiger partial charge >= 0.3 is 0 Å². The quantitative estimate of drug-likeness (QED) is 0.830. The number of likely N-dealkylation sites (tertiary alicyclic amines) is 1. The molecule has 3 rings (SSSR count). The molecule has 1 atom stereocenters. The highest BCUT2D eigenvalue weighted by Crippen LogP contribution is 2.22. The van der Waals surface area contributed by atoms with Gasteiger partial charge in [0.15, 0.2) is 0 Å². The average Bonchev–Trinajstić information content (AvgIpc) is 2.89. The van der Waals surface area contributed by atoms with Crippen LogP contribution in [0.25, 0.3) is 0 Å². The summed E-state index contributed by atoms with van der Waals surface area (Å²) in [6, 6.07) is 13.0. The molecule has 148 valence electrons. The topological polar surface area (TPSA) is 58.6 Å². The Kier molecular flexibility index (Phi) is 6.63. The molecule has 0 spiro atoms. The minimum Gasteiger partial charge on any atom is -0.497 e. The third-order valence-corrected chi connectivity index (χ3v) is 4.98. The van der Waals surface area contributed by atoms with Gasteiger partial charge in [-0.05, 0) is 48.2 Å². The van der Waals surface area contributed by atoms with Crippen LogP contribution in [0.5, 0.6) is 5.75 Å². The van der Waals surface area contributed by atoms with E-state index in [1.54, 1.807) is 24.1 Å². The van der Waals surface area contributed by atoms with Crippen molar-refractivity contribution < 1.29 is 18.7 Å². The number of halogens is 1. The van der Waals surface area contributed by atoms with Crippen LogP contribution in [-0.2, 0) is 22.7 Å². The number of rotatable bonds is 6. The number of ether oxygens (including phenoxy) is 1. The van der Waals surface area contributed by atoms with Crippen LogP contribution in [0.15, 0.2) is 48.5 Å². The van der Waals surface area contributed by atoms with Crippen molar-refractivity contribution in [2.24, 2.45) is 0 Å². The Labute approximate surface area is 164 Å². The predicted octanol–water partition coefficient (Wildman–Crippen LogP) is 3.42.